The van der Waals surface area contributed by atoms with Gasteiger partial charge in [-0.1, -0.05) is 6.92 Å². The van der Waals surface area contributed by atoms with Gasteiger partial charge in [-0.15, -0.1) is 0 Å². The van der Waals surface area contributed by atoms with Crippen LogP contribution >= 0.6 is 0 Å². The third-order valence-electron chi connectivity index (χ3n) is 3.26. The van der Waals surface area contributed by atoms with Gasteiger partial charge in [0.05, 0.1) is 6.42 Å². The lowest BCUT2D eigenvalue weighted by Gasteiger charge is -2.12. The van der Waals surface area contributed by atoms with E-state index < -0.39 is 0 Å². The number of Topliss-reactive ketones (excluding diaryl/α,β-unsaturated/α-hetero) is 1. The fourth-order valence-electron chi connectivity index (χ4n) is 2.22. The maximum Gasteiger partial charge on any atom is 0.145 e. The first-order valence-electron chi connectivity index (χ1n) is 5.82. The van der Waals surface area contributed by atoms with Crippen LogP contribution in [0.4, 0.5) is 0 Å². The topological polar surface area (TPSA) is 59.8 Å². The highest BCUT2D eigenvalue weighted by atomic mass is 16.1. The summed E-state index contributed by atoms with van der Waals surface area (Å²) in [6.45, 7) is 6.63. The van der Waals surface area contributed by atoms with Crippen LogP contribution in [0.5, 0.6) is 0 Å². The third kappa shape index (κ3) is 2.14. The monoisotopic (exact) mass is 222 g/mol. The number of rotatable bonds is 4. The molecule has 0 spiro atoms. The Morgan fingerprint density at radius 3 is 3.06 bits per heavy atom. The lowest BCUT2D eigenvalue weighted by atomic mass is 9.92. The molecule has 1 aromatic rings. The van der Waals surface area contributed by atoms with Gasteiger partial charge >= 0.3 is 0 Å². The van der Waals surface area contributed by atoms with Crippen LogP contribution in [0.2, 0.25) is 0 Å². The van der Waals surface area contributed by atoms with Crippen molar-refractivity contribution in [2.75, 3.05) is 13.1 Å². The van der Waals surface area contributed by atoms with E-state index in [1.807, 2.05) is 6.92 Å². The molecule has 5 heteroatoms. The number of nitrogens with zero attached hydrogens (tertiary/aromatic N) is 3. The lowest BCUT2D eigenvalue weighted by Crippen LogP contribution is -2.24. The van der Waals surface area contributed by atoms with Gasteiger partial charge in [-0.2, -0.15) is 5.10 Å². The second-order valence-corrected chi connectivity index (χ2v) is 4.38. The fourth-order valence-corrected chi connectivity index (χ4v) is 2.22. The van der Waals surface area contributed by atoms with Gasteiger partial charge in [0.2, 0.25) is 0 Å². The van der Waals surface area contributed by atoms with Crippen molar-refractivity contribution in [3.8, 4) is 0 Å². The Bertz CT molecular complexity index is 374. The lowest BCUT2D eigenvalue weighted by molar-refractivity contribution is -0.122. The predicted octanol–water partition coefficient (Wildman–Crippen LogP) is 0.265. The summed E-state index contributed by atoms with van der Waals surface area (Å²) in [7, 11) is 0. The fraction of sp³-hybridized carbons (Fsp3) is 0.727. The molecule has 0 bridgehead atoms. The second-order valence-electron chi connectivity index (χ2n) is 4.38. The SMILES string of the molecule is CCn1ncnc1CC(=O)C1CNCC1C. The van der Waals surface area contributed by atoms with Gasteiger partial charge in [0.25, 0.3) is 0 Å². The molecule has 2 atom stereocenters. The minimum atomic E-state index is 0.141. The molecule has 5 nitrogen and oxygen atoms in total. The first kappa shape index (κ1) is 11.3. The standard InChI is InChI=1S/C11H18N4O/c1-3-15-11(13-7-14-15)4-10(16)9-6-12-5-8(9)2/h7-9,12H,3-6H2,1-2H3. The molecule has 0 radical (unpaired) electrons. The summed E-state index contributed by atoms with van der Waals surface area (Å²) in [5, 5.41) is 7.32. The Balaban J connectivity index is 2.02. The zero-order valence-corrected chi connectivity index (χ0v) is 9.81. The molecular weight excluding hydrogens is 204 g/mol. The highest BCUT2D eigenvalue weighted by molar-refractivity contribution is 5.83. The van der Waals surface area contributed by atoms with E-state index >= 15 is 0 Å². The molecule has 2 heterocycles. The highest BCUT2D eigenvalue weighted by Gasteiger charge is 2.29. The Morgan fingerprint density at radius 1 is 1.62 bits per heavy atom. The summed E-state index contributed by atoms with van der Waals surface area (Å²) in [4.78, 5) is 16.2. The van der Waals surface area contributed by atoms with Crippen LogP contribution in [0.15, 0.2) is 6.33 Å². The van der Waals surface area contributed by atoms with Crippen molar-refractivity contribution in [3.05, 3.63) is 12.2 Å². The van der Waals surface area contributed by atoms with Crippen LogP contribution in [0, 0.1) is 11.8 Å². The summed E-state index contributed by atoms with van der Waals surface area (Å²) >= 11 is 0. The third-order valence-corrected chi connectivity index (χ3v) is 3.26. The van der Waals surface area contributed by atoms with E-state index in [9.17, 15) is 4.79 Å². The largest absolute Gasteiger partial charge is 0.316 e. The number of nitrogens with one attached hydrogen (secondary N) is 1. The van der Waals surface area contributed by atoms with E-state index in [0.29, 0.717) is 12.3 Å². The van der Waals surface area contributed by atoms with Gasteiger partial charge in [0.15, 0.2) is 0 Å². The first-order chi connectivity index (χ1) is 7.72. The molecule has 2 rings (SSSR count). The molecule has 0 aromatic carbocycles. The summed E-state index contributed by atoms with van der Waals surface area (Å²) < 4.78 is 1.78. The van der Waals surface area contributed by atoms with Crippen LogP contribution in [-0.4, -0.2) is 33.6 Å². The number of ketones is 1. The summed E-state index contributed by atoms with van der Waals surface area (Å²) in [6.07, 6.45) is 1.92. The van der Waals surface area contributed by atoms with E-state index in [-0.39, 0.29) is 11.7 Å². The van der Waals surface area contributed by atoms with E-state index in [0.717, 1.165) is 25.5 Å². The Morgan fingerprint density at radius 2 is 2.44 bits per heavy atom. The average molecular weight is 222 g/mol. The smallest absolute Gasteiger partial charge is 0.145 e. The summed E-state index contributed by atoms with van der Waals surface area (Å²) in [5.74, 6) is 1.64. The van der Waals surface area contributed by atoms with Crippen LogP contribution in [0.3, 0.4) is 0 Å². The minimum absolute atomic E-state index is 0.141. The van der Waals surface area contributed by atoms with Crippen molar-refractivity contribution in [2.24, 2.45) is 11.8 Å². The van der Waals surface area contributed by atoms with Crippen LogP contribution in [0.1, 0.15) is 19.7 Å². The number of carbonyl (C=O) groups excluding carboxylic acids is 1. The van der Waals surface area contributed by atoms with Crippen molar-refractivity contribution >= 4 is 5.78 Å². The van der Waals surface area contributed by atoms with Gasteiger partial charge in [0, 0.05) is 19.0 Å². The van der Waals surface area contributed by atoms with Crippen molar-refractivity contribution < 1.29 is 4.79 Å². The van der Waals surface area contributed by atoms with E-state index in [2.05, 4.69) is 22.3 Å². The molecule has 1 aromatic heterocycles. The molecule has 0 saturated carbocycles. The molecule has 0 aliphatic carbocycles. The highest BCUT2D eigenvalue weighted by Crippen LogP contribution is 2.18. The van der Waals surface area contributed by atoms with Crippen LogP contribution < -0.4 is 5.32 Å². The van der Waals surface area contributed by atoms with Gasteiger partial charge in [-0.3, -0.25) is 4.79 Å². The van der Waals surface area contributed by atoms with Crippen molar-refractivity contribution in [3.63, 3.8) is 0 Å². The molecule has 1 N–H and O–H groups in total. The Hall–Kier alpha value is -1.23. The second kappa shape index (κ2) is 4.74. The zero-order valence-electron chi connectivity index (χ0n) is 9.81. The number of aromatic nitrogens is 3. The van der Waals surface area contributed by atoms with Gasteiger partial charge in [-0.05, 0) is 19.4 Å². The maximum atomic E-state index is 12.1. The molecule has 16 heavy (non-hydrogen) atoms. The average Bonchev–Trinajstić information content (AvgIpc) is 2.86. The number of aryl methyl sites for hydroxylation is 1. The molecule has 1 saturated heterocycles. The van der Waals surface area contributed by atoms with Crippen LogP contribution in [0.25, 0.3) is 0 Å². The summed E-state index contributed by atoms with van der Waals surface area (Å²) in [5.41, 5.74) is 0. The van der Waals surface area contributed by atoms with Gasteiger partial charge < -0.3 is 5.32 Å². The molecule has 88 valence electrons. The predicted molar refractivity (Wildman–Crippen MR) is 59.9 cm³/mol. The van der Waals surface area contributed by atoms with Crippen molar-refractivity contribution in [1.29, 1.82) is 0 Å². The minimum Gasteiger partial charge on any atom is -0.316 e. The number of hydrogen-bond acceptors (Lipinski definition) is 4. The number of hydrogen-bond donors (Lipinski definition) is 1. The molecule has 2 unspecified atom stereocenters. The first-order valence-corrected chi connectivity index (χ1v) is 5.82. The Labute approximate surface area is 95.2 Å². The maximum absolute atomic E-state index is 12.1. The zero-order chi connectivity index (χ0) is 11.5. The molecular formula is C11H18N4O. The summed E-state index contributed by atoms with van der Waals surface area (Å²) in [6, 6.07) is 0. The number of carbonyl (C=O) groups is 1. The molecule has 1 fully saturated rings. The van der Waals surface area contributed by atoms with Crippen LogP contribution in [-0.2, 0) is 17.8 Å². The van der Waals surface area contributed by atoms with Crippen molar-refractivity contribution in [1.82, 2.24) is 20.1 Å². The van der Waals surface area contributed by atoms with Gasteiger partial charge in [0.1, 0.15) is 17.9 Å². The van der Waals surface area contributed by atoms with E-state index in [1.165, 1.54) is 6.33 Å². The molecule has 1 aliphatic rings. The quantitative estimate of drug-likeness (QED) is 0.794. The molecule has 1 aliphatic heterocycles. The normalized spacial score (nSPS) is 24.9. The molecule has 0 amide bonds. The van der Waals surface area contributed by atoms with E-state index in [1.54, 1.807) is 4.68 Å². The van der Waals surface area contributed by atoms with Gasteiger partial charge in [-0.25, -0.2) is 9.67 Å². The Kier molecular flexibility index (Phi) is 3.33. The van der Waals surface area contributed by atoms with E-state index in [4.69, 9.17) is 0 Å². The van der Waals surface area contributed by atoms with Crippen molar-refractivity contribution in [2.45, 2.75) is 26.8 Å².